The maximum Gasteiger partial charge on any atom is 0.243 e. The number of thiazole rings is 1. The maximum absolute atomic E-state index is 13.1. The van der Waals surface area contributed by atoms with Gasteiger partial charge < -0.3 is 10.2 Å². The van der Waals surface area contributed by atoms with Gasteiger partial charge >= 0.3 is 0 Å². The summed E-state index contributed by atoms with van der Waals surface area (Å²) in [6.45, 7) is 12.8. The molecule has 1 fully saturated rings. The number of benzene rings is 1. The number of hydrogen-bond acceptors (Lipinski definition) is 4. The van der Waals surface area contributed by atoms with Crippen molar-refractivity contribution in [3.8, 4) is 10.4 Å². The van der Waals surface area contributed by atoms with E-state index in [1.54, 1.807) is 16.2 Å². The van der Waals surface area contributed by atoms with Gasteiger partial charge in [-0.2, -0.15) is 0 Å². The van der Waals surface area contributed by atoms with Gasteiger partial charge in [0, 0.05) is 13.0 Å². The summed E-state index contributed by atoms with van der Waals surface area (Å²) in [6, 6.07) is 7.91. The fraction of sp³-hybridized carbons (Fsp3) is 0.542. The Morgan fingerprint density at radius 3 is 2.40 bits per heavy atom. The molecule has 30 heavy (non-hydrogen) atoms. The third-order valence-electron chi connectivity index (χ3n) is 5.61. The highest BCUT2D eigenvalue weighted by molar-refractivity contribution is 7.13. The van der Waals surface area contributed by atoms with Crippen molar-refractivity contribution in [3.05, 3.63) is 41.0 Å². The molecule has 0 spiro atoms. The number of carbonyl (C=O) groups is 2. The normalized spacial score (nSPS) is 17.3. The van der Waals surface area contributed by atoms with Gasteiger partial charge in [-0.25, -0.2) is 4.98 Å². The van der Waals surface area contributed by atoms with Crippen LogP contribution in [0.15, 0.2) is 29.8 Å². The smallest absolute Gasteiger partial charge is 0.243 e. The first-order valence-corrected chi connectivity index (χ1v) is 11.5. The molecule has 3 rings (SSSR count). The van der Waals surface area contributed by atoms with Gasteiger partial charge in [-0.15, -0.1) is 11.3 Å². The van der Waals surface area contributed by atoms with Crippen molar-refractivity contribution in [1.82, 2.24) is 15.2 Å². The molecule has 0 radical (unpaired) electrons. The standard InChI is InChI=1S/C24H33N3O2S/c1-16-21(30-15-25-16)17-9-11-18(12-10-17)24(5,6)26-22(29)19-8-7-13-27(19)20(28)14-23(2,3)4/h9-12,15,19H,7-8,13-14H2,1-6H3,(H,26,29). The summed E-state index contributed by atoms with van der Waals surface area (Å²) >= 11 is 1.63. The molecule has 1 aromatic heterocycles. The molecule has 1 aliphatic heterocycles. The third kappa shape index (κ3) is 5.09. The molecule has 0 aliphatic carbocycles. The highest BCUT2D eigenvalue weighted by Gasteiger charge is 2.37. The molecule has 2 heterocycles. The summed E-state index contributed by atoms with van der Waals surface area (Å²) in [6.07, 6.45) is 2.05. The summed E-state index contributed by atoms with van der Waals surface area (Å²) in [4.78, 5) is 33.1. The van der Waals surface area contributed by atoms with Crippen molar-refractivity contribution in [2.24, 2.45) is 5.41 Å². The number of aryl methyl sites for hydroxylation is 1. The first-order valence-electron chi connectivity index (χ1n) is 10.6. The van der Waals surface area contributed by atoms with Gasteiger partial charge in [-0.3, -0.25) is 9.59 Å². The summed E-state index contributed by atoms with van der Waals surface area (Å²) in [5.74, 6) is 0.00405. The topological polar surface area (TPSA) is 62.3 Å². The number of rotatable bonds is 5. The zero-order valence-electron chi connectivity index (χ0n) is 18.9. The predicted molar refractivity (Wildman–Crippen MR) is 122 cm³/mol. The van der Waals surface area contributed by atoms with Crippen LogP contribution in [0.3, 0.4) is 0 Å². The molecule has 2 amide bonds. The SMILES string of the molecule is Cc1ncsc1-c1ccc(C(C)(C)NC(=O)C2CCCN2C(=O)CC(C)(C)C)cc1. The Balaban J connectivity index is 1.70. The van der Waals surface area contributed by atoms with E-state index >= 15 is 0 Å². The Hall–Kier alpha value is -2.21. The lowest BCUT2D eigenvalue weighted by molar-refractivity contribution is -0.140. The Bertz CT molecular complexity index is 909. The minimum Gasteiger partial charge on any atom is -0.345 e. The first kappa shape index (κ1) is 22.5. The van der Waals surface area contributed by atoms with E-state index in [0.717, 1.165) is 29.7 Å². The molecule has 5 nitrogen and oxygen atoms in total. The highest BCUT2D eigenvalue weighted by Crippen LogP contribution is 2.30. The van der Waals surface area contributed by atoms with Crippen LogP contribution in [-0.2, 0) is 15.1 Å². The number of aromatic nitrogens is 1. The van der Waals surface area contributed by atoms with Crippen LogP contribution in [0.2, 0.25) is 0 Å². The number of hydrogen-bond donors (Lipinski definition) is 1. The zero-order valence-corrected chi connectivity index (χ0v) is 19.7. The predicted octanol–water partition coefficient (Wildman–Crippen LogP) is 4.90. The highest BCUT2D eigenvalue weighted by atomic mass is 32.1. The molecule has 1 aromatic carbocycles. The van der Waals surface area contributed by atoms with E-state index in [1.807, 2.05) is 26.3 Å². The van der Waals surface area contributed by atoms with Gasteiger partial charge in [-0.1, -0.05) is 45.0 Å². The average molecular weight is 428 g/mol. The molecule has 6 heteroatoms. The van der Waals surface area contributed by atoms with Crippen molar-refractivity contribution >= 4 is 23.2 Å². The van der Waals surface area contributed by atoms with E-state index in [1.165, 1.54) is 4.88 Å². The van der Waals surface area contributed by atoms with Gasteiger partial charge in [0.2, 0.25) is 11.8 Å². The summed E-state index contributed by atoms with van der Waals surface area (Å²) < 4.78 is 0. The average Bonchev–Trinajstić information content (AvgIpc) is 3.29. The number of likely N-dealkylation sites (tertiary alicyclic amines) is 1. The van der Waals surface area contributed by atoms with Crippen molar-refractivity contribution < 1.29 is 9.59 Å². The quantitative estimate of drug-likeness (QED) is 0.738. The van der Waals surface area contributed by atoms with Crippen LogP contribution < -0.4 is 5.32 Å². The molecule has 1 unspecified atom stereocenters. The lowest BCUT2D eigenvalue weighted by Gasteiger charge is -2.32. The monoisotopic (exact) mass is 427 g/mol. The lowest BCUT2D eigenvalue weighted by Crippen LogP contribution is -2.51. The lowest BCUT2D eigenvalue weighted by atomic mass is 9.91. The van der Waals surface area contributed by atoms with E-state index in [2.05, 4.69) is 55.3 Å². The largest absolute Gasteiger partial charge is 0.345 e. The van der Waals surface area contributed by atoms with E-state index in [-0.39, 0.29) is 23.3 Å². The minimum atomic E-state index is -0.528. The molecular weight excluding hydrogens is 394 g/mol. The molecule has 1 N–H and O–H groups in total. The second kappa shape index (κ2) is 8.50. The van der Waals surface area contributed by atoms with Crippen LogP contribution in [0.25, 0.3) is 10.4 Å². The van der Waals surface area contributed by atoms with E-state index in [9.17, 15) is 9.59 Å². The minimum absolute atomic E-state index is 0.0675. The zero-order chi connectivity index (χ0) is 22.1. The van der Waals surface area contributed by atoms with Crippen LogP contribution >= 0.6 is 11.3 Å². The third-order valence-corrected chi connectivity index (χ3v) is 6.58. The molecule has 1 saturated heterocycles. The summed E-state index contributed by atoms with van der Waals surface area (Å²) in [5, 5.41) is 3.19. The van der Waals surface area contributed by atoms with Crippen molar-refractivity contribution in [1.29, 1.82) is 0 Å². The number of nitrogens with zero attached hydrogens (tertiary/aromatic N) is 2. The summed E-state index contributed by atoms with van der Waals surface area (Å²) in [5.41, 5.74) is 4.44. The molecule has 0 saturated carbocycles. The van der Waals surface area contributed by atoms with E-state index in [4.69, 9.17) is 0 Å². The maximum atomic E-state index is 13.1. The number of amides is 2. The second-order valence-corrected chi connectivity index (χ2v) is 10.8. The van der Waals surface area contributed by atoms with Crippen LogP contribution in [0.5, 0.6) is 0 Å². The molecule has 1 aliphatic rings. The van der Waals surface area contributed by atoms with Gasteiger partial charge in [0.15, 0.2) is 0 Å². The van der Waals surface area contributed by atoms with Crippen LogP contribution in [0.4, 0.5) is 0 Å². The van der Waals surface area contributed by atoms with Gasteiger partial charge in [0.1, 0.15) is 6.04 Å². The van der Waals surface area contributed by atoms with Crippen molar-refractivity contribution in [3.63, 3.8) is 0 Å². The Kier molecular flexibility index (Phi) is 6.37. The molecule has 0 bridgehead atoms. The molecular formula is C24H33N3O2S. The van der Waals surface area contributed by atoms with Crippen molar-refractivity contribution in [2.75, 3.05) is 6.54 Å². The van der Waals surface area contributed by atoms with Crippen molar-refractivity contribution in [2.45, 2.75) is 72.4 Å². The van der Waals surface area contributed by atoms with Crippen LogP contribution in [-0.4, -0.2) is 34.3 Å². The Morgan fingerprint density at radius 2 is 1.83 bits per heavy atom. The number of carbonyl (C=O) groups excluding carboxylic acids is 2. The molecule has 2 aromatic rings. The van der Waals surface area contributed by atoms with Crippen LogP contribution in [0, 0.1) is 12.3 Å². The number of nitrogens with one attached hydrogen (secondary N) is 1. The Morgan fingerprint density at radius 1 is 1.17 bits per heavy atom. The molecule has 1 atom stereocenters. The fourth-order valence-corrected chi connectivity index (χ4v) is 4.79. The van der Waals surface area contributed by atoms with Crippen LogP contribution in [0.1, 0.15) is 65.1 Å². The van der Waals surface area contributed by atoms with E-state index < -0.39 is 5.54 Å². The molecule has 162 valence electrons. The summed E-state index contributed by atoms with van der Waals surface area (Å²) in [7, 11) is 0. The fourth-order valence-electron chi connectivity index (χ4n) is 3.97. The van der Waals surface area contributed by atoms with Gasteiger partial charge in [-0.05, 0) is 50.2 Å². The van der Waals surface area contributed by atoms with Gasteiger partial charge in [0.05, 0.1) is 21.6 Å². The Labute approximate surface area is 183 Å². The van der Waals surface area contributed by atoms with Gasteiger partial charge in [0.25, 0.3) is 0 Å². The second-order valence-electron chi connectivity index (χ2n) is 9.94. The first-order chi connectivity index (χ1) is 14.0. The van der Waals surface area contributed by atoms with E-state index in [0.29, 0.717) is 13.0 Å².